The summed E-state index contributed by atoms with van der Waals surface area (Å²) in [7, 11) is 0. The molecule has 1 aromatic rings. The second-order valence-corrected chi connectivity index (χ2v) is 7.14. The Morgan fingerprint density at radius 1 is 1.24 bits per heavy atom. The highest BCUT2D eigenvalue weighted by Gasteiger charge is 2.47. The number of oxime groups is 1. The van der Waals surface area contributed by atoms with Crippen LogP contribution in [0, 0.1) is 0 Å². The summed E-state index contributed by atoms with van der Waals surface area (Å²) in [5, 5.41) is 12.3. The normalized spacial score (nSPS) is 27.8. The fraction of sp³-hybridized carbons (Fsp3) is 0.588. The van der Waals surface area contributed by atoms with Gasteiger partial charge in [0.2, 0.25) is 0 Å². The van der Waals surface area contributed by atoms with E-state index in [4.69, 9.17) is 14.7 Å². The fourth-order valence-electron chi connectivity index (χ4n) is 3.48. The minimum absolute atomic E-state index is 0.0398. The van der Waals surface area contributed by atoms with Crippen molar-refractivity contribution in [3.8, 4) is 5.75 Å². The molecule has 4 heteroatoms. The molecule has 2 aliphatic rings. The Morgan fingerprint density at radius 2 is 2.00 bits per heavy atom. The molecular formula is C17H23NO3. The lowest BCUT2D eigenvalue weighted by molar-refractivity contribution is -0.0846. The van der Waals surface area contributed by atoms with Gasteiger partial charge in [-0.25, -0.2) is 0 Å². The van der Waals surface area contributed by atoms with Gasteiger partial charge >= 0.3 is 0 Å². The molecule has 1 saturated heterocycles. The van der Waals surface area contributed by atoms with E-state index < -0.39 is 0 Å². The first kappa shape index (κ1) is 14.4. The zero-order valence-corrected chi connectivity index (χ0v) is 13.1. The van der Waals surface area contributed by atoms with E-state index in [2.05, 4.69) is 38.9 Å². The first-order valence-electron chi connectivity index (χ1n) is 7.52. The van der Waals surface area contributed by atoms with Crippen molar-refractivity contribution in [3.63, 3.8) is 0 Å². The molecule has 1 unspecified atom stereocenters. The maximum atomic E-state index is 8.98. The van der Waals surface area contributed by atoms with Crippen LogP contribution in [0.3, 0.4) is 0 Å². The Bertz CT molecular complexity index is 590. The largest absolute Gasteiger partial charge is 0.487 e. The molecule has 0 amide bonds. The zero-order valence-electron chi connectivity index (χ0n) is 13.1. The van der Waals surface area contributed by atoms with Crippen molar-refractivity contribution in [3.05, 3.63) is 29.3 Å². The number of rotatable bonds is 2. The number of fused-ring (bicyclic) bond motifs is 1. The van der Waals surface area contributed by atoms with E-state index in [9.17, 15) is 0 Å². The molecule has 0 spiro atoms. The third-order valence-electron chi connectivity index (χ3n) is 4.41. The molecule has 0 aromatic heterocycles. The minimum Gasteiger partial charge on any atom is -0.487 e. The molecule has 21 heavy (non-hydrogen) atoms. The van der Waals surface area contributed by atoms with Gasteiger partial charge in [-0.2, -0.15) is 0 Å². The van der Waals surface area contributed by atoms with E-state index in [0.717, 1.165) is 36.3 Å². The molecule has 1 fully saturated rings. The second kappa shape index (κ2) is 4.73. The van der Waals surface area contributed by atoms with Gasteiger partial charge in [0.15, 0.2) is 0 Å². The molecule has 114 valence electrons. The van der Waals surface area contributed by atoms with Gasteiger partial charge in [0.1, 0.15) is 17.5 Å². The standard InChI is InChI=1S/C17H23NO3/c1-16(2)10-15(17(3,4)21-16)20-12-6-7-13-11(9-12)5-8-14(13)18-19/h6-7,9,15,19H,5,8,10H2,1-4H3/b18-14+. The molecule has 0 radical (unpaired) electrons. The summed E-state index contributed by atoms with van der Waals surface area (Å²) in [6.45, 7) is 8.36. The van der Waals surface area contributed by atoms with Crippen molar-refractivity contribution in [1.29, 1.82) is 0 Å². The van der Waals surface area contributed by atoms with Crippen molar-refractivity contribution in [1.82, 2.24) is 0 Å². The number of hydrogen-bond acceptors (Lipinski definition) is 4. The Kier molecular flexibility index (Phi) is 3.24. The second-order valence-electron chi connectivity index (χ2n) is 7.14. The summed E-state index contributed by atoms with van der Waals surface area (Å²) in [5.74, 6) is 0.868. The SMILES string of the molecule is CC1(C)CC(Oc2ccc3c(c2)CC/C3=N\O)C(C)(C)O1. The van der Waals surface area contributed by atoms with Crippen molar-refractivity contribution in [2.24, 2.45) is 5.16 Å². The Labute approximate surface area is 125 Å². The van der Waals surface area contributed by atoms with Crippen molar-refractivity contribution >= 4 is 5.71 Å². The van der Waals surface area contributed by atoms with Gasteiger partial charge < -0.3 is 14.7 Å². The van der Waals surface area contributed by atoms with Crippen LogP contribution in [0.25, 0.3) is 0 Å². The Morgan fingerprint density at radius 3 is 2.62 bits per heavy atom. The minimum atomic E-state index is -0.291. The van der Waals surface area contributed by atoms with Crippen LogP contribution < -0.4 is 4.74 Å². The lowest BCUT2D eigenvalue weighted by Crippen LogP contribution is -2.36. The maximum absolute atomic E-state index is 8.98. The van der Waals surface area contributed by atoms with Gasteiger partial charge in [0, 0.05) is 12.0 Å². The van der Waals surface area contributed by atoms with E-state index in [1.165, 1.54) is 5.56 Å². The predicted octanol–water partition coefficient (Wildman–Crippen LogP) is 3.54. The van der Waals surface area contributed by atoms with Crippen LogP contribution in [0.1, 0.15) is 51.7 Å². The maximum Gasteiger partial charge on any atom is 0.130 e. The lowest BCUT2D eigenvalue weighted by atomic mass is 9.97. The van der Waals surface area contributed by atoms with Crippen LogP contribution in [-0.2, 0) is 11.2 Å². The molecule has 1 N–H and O–H groups in total. The summed E-state index contributed by atoms with van der Waals surface area (Å²) in [4.78, 5) is 0. The third kappa shape index (κ3) is 2.64. The van der Waals surface area contributed by atoms with Crippen LogP contribution in [0.4, 0.5) is 0 Å². The molecular weight excluding hydrogens is 266 g/mol. The van der Waals surface area contributed by atoms with Gasteiger partial charge in [-0.05, 0) is 64.3 Å². The van der Waals surface area contributed by atoms with E-state index in [1.54, 1.807) is 0 Å². The van der Waals surface area contributed by atoms with Gasteiger partial charge in [-0.3, -0.25) is 0 Å². The van der Waals surface area contributed by atoms with E-state index in [0.29, 0.717) is 0 Å². The fourth-order valence-corrected chi connectivity index (χ4v) is 3.48. The molecule has 1 aliphatic heterocycles. The van der Waals surface area contributed by atoms with Crippen LogP contribution >= 0.6 is 0 Å². The van der Waals surface area contributed by atoms with Gasteiger partial charge in [0.05, 0.1) is 11.3 Å². The van der Waals surface area contributed by atoms with Gasteiger partial charge in [-0.1, -0.05) is 5.16 Å². The third-order valence-corrected chi connectivity index (χ3v) is 4.41. The highest BCUT2D eigenvalue weighted by atomic mass is 16.6. The van der Waals surface area contributed by atoms with Crippen LogP contribution in [0.5, 0.6) is 5.75 Å². The average molecular weight is 289 g/mol. The first-order chi connectivity index (χ1) is 9.81. The lowest BCUT2D eigenvalue weighted by Gasteiger charge is -2.27. The molecule has 4 nitrogen and oxygen atoms in total. The zero-order chi connectivity index (χ0) is 15.3. The van der Waals surface area contributed by atoms with E-state index in [1.807, 2.05) is 12.1 Å². The summed E-state index contributed by atoms with van der Waals surface area (Å²) in [5.41, 5.74) is 2.55. The topological polar surface area (TPSA) is 51.0 Å². The summed E-state index contributed by atoms with van der Waals surface area (Å²) < 4.78 is 12.3. The van der Waals surface area contributed by atoms with Gasteiger partial charge in [-0.15, -0.1) is 0 Å². The highest BCUT2D eigenvalue weighted by molar-refractivity contribution is 6.04. The predicted molar refractivity (Wildman–Crippen MR) is 81.4 cm³/mol. The monoisotopic (exact) mass is 289 g/mol. The average Bonchev–Trinajstić information content (AvgIpc) is 2.86. The summed E-state index contributed by atoms with van der Waals surface area (Å²) >= 11 is 0. The number of benzene rings is 1. The quantitative estimate of drug-likeness (QED) is 0.669. The highest BCUT2D eigenvalue weighted by Crippen LogP contribution is 2.40. The number of ether oxygens (including phenoxy) is 2. The summed E-state index contributed by atoms with van der Waals surface area (Å²) in [6.07, 6.45) is 2.61. The molecule has 0 bridgehead atoms. The molecule has 1 aromatic carbocycles. The molecule has 3 rings (SSSR count). The van der Waals surface area contributed by atoms with Crippen molar-refractivity contribution in [2.75, 3.05) is 0 Å². The van der Waals surface area contributed by atoms with Crippen molar-refractivity contribution in [2.45, 2.75) is 64.3 Å². The molecule has 1 atom stereocenters. The van der Waals surface area contributed by atoms with Gasteiger partial charge in [0.25, 0.3) is 0 Å². The number of nitrogens with zero attached hydrogens (tertiary/aromatic N) is 1. The molecule has 1 heterocycles. The van der Waals surface area contributed by atoms with Crippen LogP contribution in [0.2, 0.25) is 0 Å². The first-order valence-corrected chi connectivity index (χ1v) is 7.52. The van der Waals surface area contributed by atoms with Crippen LogP contribution in [-0.4, -0.2) is 28.2 Å². The Balaban J connectivity index is 1.81. The number of aryl methyl sites for hydroxylation is 1. The Hall–Kier alpha value is -1.55. The van der Waals surface area contributed by atoms with Crippen molar-refractivity contribution < 1.29 is 14.7 Å². The smallest absolute Gasteiger partial charge is 0.130 e. The van der Waals surface area contributed by atoms with E-state index >= 15 is 0 Å². The number of hydrogen-bond donors (Lipinski definition) is 1. The molecule has 0 saturated carbocycles. The van der Waals surface area contributed by atoms with E-state index in [-0.39, 0.29) is 17.3 Å². The summed E-state index contributed by atoms with van der Waals surface area (Å²) in [6, 6.07) is 6.01. The van der Waals surface area contributed by atoms with Crippen LogP contribution in [0.15, 0.2) is 23.4 Å². The molecule has 1 aliphatic carbocycles.